The number of ether oxygens (including phenoxy) is 2. The molecule has 0 bridgehead atoms. The smallest absolute Gasteiger partial charge is 0.407 e. The molecule has 0 aliphatic heterocycles. The van der Waals surface area contributed by atoms with Crippen molar-refractivity contribution in [1.29, 1.82) is 0 Å². The van der Waals surface area contributed by atoms with Crippen molar-refractivity contribution < 1.29 is 24.2 Å². The maximum absolute atomic E-state index is 12.8. The Balaban J connectivity index is 1.15. The van der Waals surface area contributed by atoms with Crippen LogP contribution in [0.4, 0.5) is 4.79 Å². The number of aromatic amines is 1. The molecule has 40 heavy (non-hydrogen) atoms. The number of hydrogen-bond donors (Lipinski definition) is 3. The molecular weight excluding hydrogens is 504 g/mol. The van der Waals surface area contributed by atoms with Gasteiger partial charge in [-0.3, -0.25) is 0 Å². The maximum atomic E-state index is 12.8. The lowest BCUT2D eigenvalue weighted by Gasteiger charge is -2.17. The maximum Gasteiger partial charge on any atom is 0.407 e. The van der Waals surface area contributed by atoms with Gasteiger partial charge in [0.25, 0.3) is 0 Å². The van der Waals surface area contributed by atoms with E-state index < -0.39 is 18.1 Å². The minimum Gasteiger partial charge on any atom is -0.488 e. The molecule has 200 valence electrons. The van der Waals surface area contributed by atoms with Crippen molar-refractivity contribution >= 4 is 23.0 Å². The number of rotatable bonds is 9. The SMILES string of the molecule is O=C(N[C@H](Cc1c[nH]c2cccc(OCc3ccccc3)c12)C(=O)O)OCC1c2ccccc2-c2ccccc21. The Kier molecular flexibility index (Phi) is 6.93. The summed E-state index contributed by atoms with van der Waals surface area (Å²) in [6.07, 6.45) is 1.05. The van der Waals surface area contributed by atoms with Gasteiger partial charge in [-0.05, 0) is 45.5 Å². The normalized spacial score (nSPS) is 12.9. The van der Waals surface area contributed by atoms with E-state index in [2.05, 4.69) is 22.4 Å². The summed E-state index contributed by atoms with van der Waals surface area (Å²) < 4.78 is 11.7. The summed E-state index contributed by atoms with van der Waals surface area (Å²) in [4.78, 5) is 28.2. The predicted octanol–water partition coefficient (Wildman–Crippen LogP) is 6.28. The van der Waals surface area contributed by atoms with Gasteiger partial charge in [0.15, 0.2) is 0 Å². The van der Waals surface area contributed by atoms with Gasteiger partial charge in [0.2, 0.25) is 0 Å². The third-order valence-electron chi connectivity index (χ3n) is 7.34. The molecule has 5 aromatic rings. The molecule has 1 aromatic heterocycles. The highest BCUT2D eigenvalue weighted by Gasteiger charge is 2.30. The van der Waals surface area contributed by atoms with Crippen LogP contribution < -0.4 is 10.1 Å². The Morgan fingerprint density at radius 3 is 2.23 bits per heavy atom. The standard InChI is InChI=1S/C33H28N2O5/c36-32(37)29(17-22-18-34-28-15-8-16-30(31(22)28)39-19-21-9-2-1-3-10-21)35-33(38)40-20-27-25-13-6-4-11-23(25)24-12-5-7-14-26(24)27/h1-16,18,27,29,34H,17,19-20H2,(H,35,38)(H,36,37)/t29-/m1/s1. The summed E-state index contributed by atoms with van der Waals surface area (Å²) >= 11 is 0. The highest BCUT2D eigenvalue weighted by Crippen LogP contribution is 2.44. The number of aliphatic carboxylic acids is 1. The van der Waals surface area contributed by atoms with E-state index in [0.29, 0.717) is 12.4 Å². The molecule has 1 aliphatic rings. The average molecular weight is 533 g/mol. The summed E-state index contributed by atoms with van der Waals surface area (Å²) in [5.41, 5.74) is 7.01. The largest absolute Gasteiger partial charge is 0.488 e. The number of carboxylic acid groups (broad SMARTS) is 1. The fourth-order valence-electron chi connectivity index (χ4n) is 5.44. The van der Waals surface area contributed by atoms with Crippen molar-refractivity contribution in [3.8, 4) is 16.9 Å². The van der Waals surface area contributed by atoms with Crippen molar-refractivity contribution in [1.82, 2.24) is 10.3 Å². The second-order valence-electron chi connectivity index (χ2n) is 9.83. The molecule has 1 atom stereocenters. The fourth-order valence-corrected chi connectivity index (χ4v) is 5.44. The first-order chi connectivity index (χ1) is 19.6. The molecule has 1 aliphatic carbocycles. The molecule has 0 saturated carbocycles. The van der Waals surface area contributed by atoms with Crippen LogP contribution in [0.3, 0.4) is 0 Å². The Bertz CT molecular complexity index is 1630. The van der Waals surface area contributed by atoms with E-state index in [4.69, 9.17) is 9.47 Å². The van der Waals surface area contributed by atoms with Gasteiger partial charge < -0.3 is 24.9 Å². The van der Waals surface area contributed by atoms with Crippen LogP contribution >= 0.6 is 0 Å². The van der Waals surface area contributed by atoms with Crippen molar-refractivity contribution in [3.63, 3.8) is 0 Å². The molecule has 3 N–H and O–H groups in total. The Labute approximate surface area is 231 Å². The Morgan fingerprint density at radius 1 is 0.850 bits per heavy atom. The monoisotopic (exact) mass is 532 g/mol. The minimum atomic E-state index is -1.18. The van der Waals surface area contributed by atoms with E-state index in [-0.39, 0.29) is 18.9 Å². The second-order valence-corrected chi connectivity index (χ2v) is 9.83. The third-order valence-corrected chi connectivity index (χ3v) is 7.34. The molecule has 1 amide bonds. The number of H-pyrrole nitrogens is 1. The number of benzene rings is 4. The number of carbonyl (C=O) groups excluding carboxylic acids is 1. The molecule has 6 rings (SSSR count). The lowest BCUT2D eigenvalue weighted by molar-refractivity contribution is -0.139. The van der Waals surface area contributed by atoms with E-state index in [1.54, 1.807) is 6.20 Å². The first kappa shape index (κ1) is 25.2. The van der Waals surface area contributed by atoms with Gasteiger partial charge >= 0.3 is 12.1 Å². The number of alkyl carbamates (subject to hydrolysis) is 1. The van der Waals surface area contributed by atoms with Crippen molar-refractivity contribution in [2.24, 2.45) is 0 Å². The van der Waals surface area contributed by atoms with E-state index in [1.807, 2.05) is 84.9 Å². The van der Waals surface area contributed by atoms with Crippen molar-refractivity contribution in [2.45, 2.75) is 25.0 Å². The van der Waals surface area contributed by atoms with Crippen LogP contribution in [0, 0.1) is 0 Å². The van der Waals surface area contributed by atoms with Crippen LogP contribution in [-0.4, -0.2) is 34.8 Å². The molecule has 4 aromatic carbocycles. The van der Waals surface area contributed by atoms with Crippen molar-refractivity contribution in [2.75, 3.05) is 6.61 Å². The molecule has 7 heteroatoms. The van der Waals surface area contributed by atoms with E-state index >= 15 is 0 Å². The number of hydrogen-bond acceptors (Lipinski definition) is 4. The van der Waals surface area contributed by atoms with Crippen LogP contribution in [0.1, 0.15) is 28.2 Å². The predicted molar refractivity (Wildman–Crippen MR) is 152 cm³/mol. The van der Waals surface area contributed by atoms with Crippen molar-refractivity contribution in [3.05, 3.63) is 126 Å². The Morgan fingerprint density at radius 2 is 1.52 bits per heavy atom. The van der Waals surface area contributed by atoms with Gasteiger partial charge in [-0.15, -0.1) is 0 Å². The van der Waals surface area contributed by atoms with Crippen LogP contribution in [0.2, 0.25) is 0 Å². The fraction of sp³-hybridized carbons (Fsp3) is 0.152. The number of amides is 1. The number of nitrogens with one attached hydrogen (secondary N) is 2. The summed E-state index contributed by atoms with van der Waals surface area (Å²) in [7, 11) is 0. The zero-order chi connectivity index (χ0) is 27.5. The number of carbonyl (C=O) groups is 2. The summed E-state index contributed by atoms with van der Waals surface area (Å²) in [5, 5.41) is 13.3. The van der Waals surface area contributed by atoms with Gasteiger partial charge in [0, 0.05) is 29.4 Å². The summed E-state index contributed by atoms with van der Waals surface area (Å²) in [6, 6.07) is 30.4. The lowest BCUT2D eigenvalue weighted by atomic mass is 9.98. The second kappa shape index (κ2) is 11.0. The molecule has 0 spiro atoms. The first-order valence-electron chi connectivity index (χ1n) is 13.2. The van der Waals surface area contributed by atoms with Gasteiger partial charge in [-0.2, -0.15) is 0 Å². The van der Waals surface area contributed by atoms with E-state index in [0.717, 1.165) is 44.3 Å². The number of fused-ring (bicyclic) bond motifs is 4. The van der Waals surface area contributed by atoms with E-state index in [1.165, 1.54) is 0 Å². The topological polar surface area (TPSA) is 101 Å². The zero-order valence-electron chi connectivity index (χ0n) is 21.7. The molecule has 0 radical (unpaired) electrons. The van der Waals surface area contributed by atoms with Gasteiger partial charge in [0.05, 0.1) is 0 Å². The summed E-state index contributed by atoms with van der Waals surface area (Å²) in [5.74, 6) is -0.618. The van der Waals surface area contributed by atoms with E-state index in [9.17, 15) is 14.7 Å². The first-order valence-corrected chi connectivity index (χ1v) is 13.2. The molecule has 1 heterocycles. The quantitative estimate of drug-likeness (QED) is 0.207. The Hall–Kier alpha value is -5.04. The molecule has 0 fully saturated rings. The highest BCUT2D eigenvalue weighted by molar-refractivity contribution is 5.90. The number of carboxylic acids is 1. The molecular formula is C33H28N2O5. The molecule has 7 nitrogen and oxygen atoms in total. The zero-order valence-corrected chi connectivity index (χ0v) is 21.7. The van der Waals surface area contributed by atoms with Crippen LogP contribution in [0.5, 0.6) is 5.75 Å². The van der Waals surface area contributed by atoms with Crippen LogP contribution in [0.25, 0.3) is 22.0 Å². The summed E-state index contributed by atoms with van der Waals surface area (Å²) in [6.45, 7) is 0.488. The average Bonchev–Trinajstić information content (AvgIpc) is 3.54. The highest BCUT2D eigenvalue weighted by atomic mass is 16.5. The lowest BCUT2D eigenvalue weighted by Crippen LogP contribution is -2.42. The van der Waals surface area contributed by atoms with Gasteiger partial charge in [-0.25, -0.2) is 9.59 Å². The molecule has 0 saturated heterocycles. The van der Waals surface area contributed by atoms with Gasteiger partial charge in [0.1, 0.15) is 25.0 Å². The van der Waals surface area contributed by atoms with Gasteiger partial charge in [-0.1, -0.05) is 84.9 Å². The van der Waals surface area contributed by atoms with Crippen LogP contribution in [0.15, 0.2) is 103 Å². The third kappa shape index (κ3) is 5.01. The number of aromatic nitrogens is 1. The van der Waals surface area contributed by atoms with Crippen LogP contribution in [-0.2, 0) is 22.6 Å². The minimum absolute atomic E-state index is 0.0608. The molecule has 0 unspecified atom stereocenters.